The van der Waals surface area contributed by atoms with Crippen LogP contribution >= 0.6 is 11.6 Å². The molecule has 98 valence electrons. The molecule has 1 aliphatic heterocycles. The summed E-state index contributed by atoms with van der Waals surface area (Å²) in [6, 6.07) is 4.66. The van der Waals surface area contributed by atoms with Gasteiger partial charge in [0.25, 0.3) is 0 Å². The van der Waals surface area contributed by atoms with Crippen LogP contribution in [-0.2, 0) is 9.84 Å². The average molecular weight is 289 g/mol. The van der Waals surface area contributed by atoms with Gasteiger partial charge in [-0.3, -0.25) is 4.79 Å². The lowest BCUT2D eigenvalue weighted by molar-refractivity contribution is 0.100. The Kier molecular flexibility index (Phi) is 3.49. The molecule has 7 heteroatoms. The lowest BCUT2D eigenvalue weighted by atomic mass is 10.1. The molecule has 5 nitrogen and oxygen atoms in total. The van der Waals surface area contributed by atoms with Crippen molar-refractivity contribution in [3.05, 3.63) is 28.8 Å². The Labute approximate surface area is 110 Å². The van der Waals surface area contributed by atoms with Gasteiger partial charge < -0.3 is 11.1 Å². The van der Waals surface area contributed by atoms with Gasteiger partial charge >= 0.3 is 0 Å². The number of amides is 1. The minimum absolute atomic E-state index is 0.106. The monoisotopic (exact) mass is 288 g/mol. The molecule has 1 aromatic carbocycles. The third-order valence-electron chi connectivity index (χ3n) is 2.84. The maximum Gasteiger partial charge on any atom is 0.250 e. The number of hydrogen-bond donors (Lipinski definition) is 2. The molecule has 0 saturated carbocycles. The van der Waals surface area contributed by atoms with E-state index in [0.29, 0.717) is 12.1 Å². The summed E-state index contributed by atoms with van der Waals surface area (Å²) in [5.74, 6) is -0.255. The van der Waals surface area contributed by atoms with Crippen LogP contribution < -0.4 is 11.1 Å². The van der Waals surface area contributed by atoms with Gasteiger partial charge in [-0.15, -0.1) is 0 Å². The summed E-state index contributed by atoms with van der Waals surface area (Å²) in [5.41, 5.74) is 6.08. The number of nitrogens with two attached hydrogens (primary N) is 1. The number of anilines is 1. The summed E-state index contributed by atoms with van der Waals surface area (Å²) in [4.78, 5) is 11.0. The van der Waals surface area contributed by atoms with Crippen molar-refractivity contribution in [3.8, 4) is 0 Å². The summed E-state index contributed by atoms with van der Waals surface area (Å²) >= 11 is 5.91. The molecule has 0 radical (unpaired) electrons. The molecular formula is C11H13ClN2O3S. The lowest BCUT2D eigenvalue weighted by Gasteiger charge is -2.13. The zero-order valence-electron chi connectivity index (χ0n) is 9.52. The number of benzene rings is 1. The van der Waals surface area contributed by atoms with E-state index < -0.39 is 15.7 Å². The van der Waals surface area contributed by atoms with Crippen molar-refractivity contribution in [2.45, 2.75) is 12.5 Å². The van der Waals surface area contributed by atoms with E-state index in [-0.39, 0.29) is 28.1 Å². The summed E-state index contributed by atoms with van der Waals surface area (Å²) in [7, 11) is -2.92. The first-order valence-corrected chi connectivity index (χ1v) is 7.64. The maximum atomic E-state index is 11.3. The Hall–Kier alpha value is -1.27. The fraction of sp³-hybridized carbons (Fsp3) is 0.364. The maximum absolute atomic E-state index is 11.3. The highest BCUT2D eigenvalue weighted by atomic mass is 35.5. The van der Waals surface area contributed by atoms with E-state index in [1.54, 1.807) is 12.1 Å². The van der Waals surface area contributed by atoms with Gasteiger partial charge in [-0.2, -0.15) is 0 Å². The number of rotatable bonds is 3. The first-order valence-electron chi connectivity index (χ1n) is 5.44. The van der Waals surface area contributed by atoms with Crippen LogP contribution in [0.4, 0.5) is 5.69 Å². The molecule has 1 aliphatic rings. The van der Waals surface area contributed by atoms with Crippen molar-refractivity contribution >= 4 is 33.0 Å². The molecule has 1 saturated heterocycles. The van der Waals surface area contributed by atoms with Crippen LogP contribution in [0, 0.1) is 0 Å². The third-order valence-corrected chi connectivity index (χ3v) is 4.92. The van der Waals surface area contributed by atoms with Gasteiger partial charge in [0.1, 0.15) is 0 Å². The molecule has 1 aromatic rings. The fourth-order valence-corrected chi connectivity index (χ4v) is 3.90. The number of carbonyl (C=O) groups is 1. The van der Waals surface area contributed by atoms with Gasteiger partial charge in [-0.1, -0.05) is 11.6 Å². The van der Waals surface area contributed by atoms with Crippen molar-refractivity contribution in [1.29, 1.82) is 0 Å². The number of primary amides is 1. The number of hydrogen-bond acceptors (Lipinski definition) is 4. The molecular weight excluding hydrogens is 276 g/mol. The van der Waals surface area contributed by atoms with Crippen LogP contribution in [0.25, 0.3) is 0 Å². The van der Waals surface area contributed by atoms with Crippen molar-refractivity contribution in [2.24, 2.45) is 5.73 Å². The van der Waals surface area contributed by atoms with Gasteiger partial charge in [0.05, 0.1) is 22.1 Å². The van der Waals surface area contributed by atoms with Crippen LogP contribution in [0.15, 0.2) is 18.2 Å². The van der Waals surface area contributed by atoms with Gasteiger partial charge in [0.2, 0.25) is 5.91 Å². The highest BCUT2D eigenvalue weighted by Crippen LogP contribution is 2.23. The SMILES string of the molecule is NC(=O)c1ccc(NC2CCS(=O)(=O)C2)cc1Cl. The molecule has 2 rings (SSSR count). The molecule has 3 N–H and O–H groups in total. The Balaban J connectivity index is 2.12. The van der Waals surface area contributed by atoms with Gasteiger partial charge in [0, 0.05) is 11.7 Å². The molecule has 0 aromatic heterocycles. The lowest BCUT2D eigenvalue weighted by Crippen LogP contribution is -2.20. The van der Waals surface area contributed by atoms with E-state index in [1.807, 2.05) is 0 Å². The minimum atomic E-state index is -2.92. The number of carbonyl (C=O) groups excluding carboxylic acids is 1. The summed E-state index contributed by atoms with van der Waals surface area (Å²) in [6.45, 7) is 0. The number of nitrogens with one attached hydrogen (secondary N) is 1. The largest absolute Gasteiger partial charge is 0.381 e. The first-order chi connectivity index (χ1) is 8.37. The van der Waals surface area contributed by atoms with Crippen LogP contribution in [0.2, 0.25) is 5.02 Å². The van der Waals surface area contributed by atoms with Gasteiger partial charge in [0.15, 0.2) is 9.84 Å². The van der Waals surface area contributed by atoms with E-state index in [0.717, 1.165) is 0 Å². The molecule has 0 bridgehead atoms. The van der Waals surface area contributed by atoms with E-state index >= 15 is 0 Å². The van der Waals surface area contributed by atoms with E-state index in [9.17, 15) is 13.2 Å². The molecule has 1 heterocycles. The van der Waals surface area contributed by atoms with Crippen LogP contribution in [-0.4, -0.2) is 31.9 Å². The van der Waals surface area contributed by atoms with Crippen LogP contribution in [0.3, 0.4) is 0 Å². The highest BCUT2D eigenvalue weighted by Gasteiger charge is 2.27. The average Bonchev–Trinajstić information content (AvgIpc) is 2.57. The normalized spacial score (nSPS) is 21.7. The third kappa shape index (κ3) is 2.94. The Morgan fingerprint density at radius 2 is 2.17 bits per heavy atom. The van der Waals surface area contributed by atoms with Crippen molar-refractivity contribution in [2.75, 3.05) is 16.8 Å². The van der Waals surface area contributed by atoms with Crippen molar-refractivity contribution in [1.82, 2.24) is 0 Å². The van der Waals surface area contributed by atoms with Crippen LogP contribution in [0.5, 0.6) is 0 Å². The second-order valence-corrected chi connectivity index (χ2v) is 6.94. The standard InChI is InChI=1S/C11H13ClN2O3S/c12-10-5-7(1-2-9(10)11(13)15)14-8-3-4-18(16,17)6-8/h1-2,5,8,14H,3-4,6H2,(H2,13,15). The predicted octanol–water partition coefficient (Wildman–Crippen LogP) is 1.04. The second-order valence-electron chi connectivity index (χ2n) is 4.30. The van der Waals surface area contributed by atoms with E-state index in [4.69, 9.17) is 17.3 Å². The topological polar surface area (TPSA) is 89.3 Å². The zero-order valence-corrected chi connectivity index (χ0v) is 11.1. The van der Waals surface area contributed by atoms with Crippen molar-refractivity contribution < 1.29 is 13.2 Å². The molecule has 0 aliphatic carbocycles. The van der Waals surface area contributed by atoms with E-state index in [1.165, 1.54) is 6.07 Å². The van der Waals surface area contributed by atoms with Crippen LogP contribution in [0.1, 0.15) is 16.8 Å². The zero-order chi connectivity index (χ0) is 13.3. The number of sulfone groups is 1. The van der Waals surface area contributed by atoms with Crippen molar-refractivity contribution in [3.63, 3.8) is 0 Å². The highest BCUT2D eigenvalue weighted by molar-refractivity contribution is 7.91. The Morgan fingerprint density at radius 3 is 2.67 bits per heavy atom. The first kappa shape index (κ1) is 13.2. The molecule has 0 spiro atoms. The molecule has 1 unspecified atom stereocenters. The smallest absolute Gasteiger partial charge is 0.250 e. The summed E-state index contributed by atoms with van der Waals surface area (Å²) in [5, 5.41) is 3.35. The number of halogens is 1. The minimum Gasteiger partial charge on any atom is -0.381 e. The Morgan fingerprint density at radius 1 is 1.44 bits per heavy atom. The summed E-state index contributed by atoms with van der Waals surface area (Å²) < 4.78 is 22.6. The van der Waals surface area contributed by atoms with Gasteiger partial charge in [-0.25, -0.2) is 8.42 Å². The fourth-order valence-electron chi connectivity index (χ4n) is 1.95. The predicted molar refractivity (Wildman–Crippen MR) is 70.7 cm³/mol. The summed E-state index contributed by atoms with van der Waals surface area (Å²) in [6.07, 6.45) is 0.581. The molecule has 18 heavy (non-hydrogen) atoms. The molecule has 1 fully saturated rings. The van der Waals surface area contributed by atoms with E-state index in [2.05, 4.69) is 5.32 Å². The second kappa shape index (κ2) is 4.78. The quantitative estimate of drug-likeness (QED) is 0.869. The van der Waals surface area contributed by atoms with Gasteiger partial charge in [-0.05, 0) is 24.6 Å². The Bertz CT molecular complexity index is 586. The molecule has 1 amide bonds. The molecule has 1 atom stereocenters.